The van der Waals surface area contributed by atoms with Gasteiger partial charge < -0.3 is 4.57 Å². The molecule has 0 saturated heterocycles. The van der Waals surface area contributed by atoms with Crippen LogP contribution in [0.25, 0.3) is 11.0 Å². The summed E-state index contributed by atoms with van der Waals surface area (Å²) >= 11 is 13.9. The van der Waals surface area contributed by atoms with Gasteiger partial charge in [-0.1, -0.05) is 11.6 Å². The Labute approximate surface area is 128 Å². The van der Waals surface area contributed by atoms with E-state index in [9.17, 15) is 0 Å². The molecule has 1 heterocycles. The quantitative estimate of drug-likeness (QED) is 0.713. The summed E-state index contributed by atoms with van der Waals surface area (Å²) in [5.41, 5.74) is 2.11. The number of imidazole rings is 1. The molecule has 1 unspecified atom stereocenters. The van der Waals surface area contributed by atoms with Gasteiger partial charge in [-0.2, -0.15) is 11.8 Å². The maximum absolute atomic E-state index is 6.11. The fourth-order valence-corrected chi connectivity index (χ4v) is 3.20. The van der Waals surface area contributed by atoms with Crippen molar-refractivity contribution in [1.29, 1.82) is 0 Å². The minimum absolute atomic E-state index is 0.411. The maximum atomic E-state index is 6.11. The number of thioether (sulfide) groups is 1. The molecule has 19 heavy (non-hydrogen) atoms. The Morgan fingerprint density at radius 1 is 1.42 bits per heavy atom. The Hall–Kier alpha value is -0.380. The first-order valence-corrected chi connectivity index (χ1v) is 8.69. The van der Waals surface area contributed by atoms with Crippen LogP contribution >= 0.6 is 35.0 Å². The van der Waals surface area contributed by atoms with Crippen LogP contribution in [-0.4, -0.2) is 27.4 Å². The molecule has 1 aromatic carbocycles. The fourth-order valence-electron chi connectivity index (χ4n) is 2.29. The number of nitrogens with zero attached hydrogens (tertiary/aromatic N) is 2. The van der Waals surface area contributed by atoms with Crippen LogP contribution in [0.1, 0.15) is 25.2 Å². The lowest BCUT2D eigenvalue weighted by molar-refractivity contribution is 0.528. The summed E-state index contributed by atoms with van der Waals surface area (Å²) in [7, 11) is 0. The SMILES string of the molecule is CSCCC(C)n1c(CCCl)nc2ccc(Cl)cc21. The van der Waals surface area contributed by atoms with Crippen molar-refractivity contribution >= 4 is 46.0 Å². The normalized spacial score (nSPS) is 13.1. The predicted molar refractivity (Wildman–Crippen MR) is 86.9 cm³/mol. The highest BCUT2D eigenvalue weighted by Gasteiger charge is 2.15. The van der Waals surface area contributed by atoms with Crippen molar-refractivity contribution < 1.29 is 0 Å². The summed E-state index contributed by atoms with van der Waals surface area (Å²) in [6, 6.07) is 6.27. The van der Waals surface area contributed by atoms with E-state index in [2.05, 4.69) is 22.7 Å². The van der Waals surface area contributed by atoms with Crippen molar-refractivity contribution in [3.8, 4) is 0 Å². The lowest BCUT2D eigenvalue weighted by Crippen LogP contribution is -2.11. The largest absolute Gasteiger partial charge is 0.325 e. The Morgan fingerprint density at radius 2 is 2.21 bits per heavy atom. The number of benzene rings is 1. The highest BCUT2D eigenvalue weighted by atomic mass is 35.5. The van der Waals surface area contributed by atoms with Crippen LogP contribution in [0, 0.1) is 0 Å². The van der Waals surface area contributed by atoms with Gasteiger partial charge in [-0.3, -0.25) is 0 Å². The number of alkyl halides is 1. The number of aryl methyl sites for hydroxylation is 1. The fraction of sp³-hybridized carbons (Fsp3) is 0.500. The molecule has 0 saturated carbocycles. The number of hydrogen-bond acceptors (Lipinski definition) is 2. The smallest absolute Gasteiger partial charge is 0.111 e. The number of aromatic nitrogens is 2. The molecule has 2 rings (SSSR count). The van der Waals surface area contributed by atoms with Crippen molar-refractivity contribution in [2.24, 2.45) is 0 Å². The van der Waals surface area contributed by atoms with Gasteiger partial charge in [0.1, 0.15) is 5.82 Å². The van der Waals surface area contributed by atoms with Crippen molar-refractivity contribution in [2.45, 2.75) is 25.8 Å². The number of rotatable bonds is 6. The van der Waals surface area contributed by atoms with Gasteiger partial charge >= 0.3 is 0 Å². The molecular formula is C14H18Cl2N2S. The highest BCUT2D eigenvalue weighted by molar-refractivity contribution is 7.98. The molecule has 1 aromatic heterocycles. The molecule has 0 spiro atoms. The van der Waals surface area contributed by atoms with Crippen molar-refractivity contribution in [2.75, 3.05) is 17.9 Å². The van der Waals surface area contributed by atoms with E-state index in [1.807, 2.05) is 30.0 Å². The molecule has 0 fully saturated rings. The van der Waals surface area contributed by atoms with Crippen molar-refractivity contribution in [3.63, 3.8) is 0 Å². The summed E-state index contributed by atoms with van der Waals surface area (Å²) in [5, 5.41) is 0.753. The zero-order chi connectivity index (χ0) is 13.8. The molecule has 1 atom stereocenters. The Kier molecular flexibility index (Phi) is 5.43. The third kappa shape index (κ3) is 3.39. The van der Waals surface area contributed by atoms with Crippen LogP contribution in [0.15, 0.2) is 18.2 Å². The standard InChI is InChI=1S/C14H18Cl2N2S/c1-10(6-8-19-2)18-13-9-11(16)3-4-12(13)17-14(18)5-7-15/h3-4,9-10H,5-8H2,1-2H3. The number of fused-ring (bicyclic) bond motifs is 1. The summed E-state index contributed by atoms with van der Waals surface area (Å²) in [5.74, 6) is 2.79. The van der Waals surface area contributed by atoms with Crippen LogP contribution in [0.3, 0.4) is 0 Å². The molecular weight excluding hydrogens is 299 g/mol. The van der Waals surface area contributed by atoms with Crippen LogP contribution in [0.2, 0.25) is 5.02 Å². The molecule has 2 aromatic rings. The minimum atomic E-state index is 0.411. The summed E-state index contributed by atoms with van der Waals surface area (Å²) in [6.07, 6.45) is 4.04. The first-order chi connectivity index (χ1) is 9.17. The van der Waals surface area contributed by atoms with Crippen LogP contribution in [-0.2, 0) is 6.42 Å². The second-order valence-corrected chi connectivity index (χ2v) is 6.40. The van der Waals surface area contributed by atoms with E-state index in [0.29, 0.717) is 11.9 Å². The van der Waals surface area contributed by atoms with Crippen LogP contribution < -0.4 is 0 Å². The second-order valence-electron chi connectivity index (χ2n) is 4.60. The molecule has 0 radical (unpaired) electrons. The van der Waals surface area contributed by atoms with Gasteiger partial charge in [0.2, 0.25) is 0 Å². The van der Waals surface area contributed by atoms with Gasteiger partial charge in [-0.05, 0) is 43.6 Å². The van der Waals surface area contributed by atoms with Gasteiger partial charge in [0.15, 0.2) is 0 Å². The predicted octanol–water partition coefficient (Wildman–Crippen LogP) is 4.79. The van der Waals surface area contributed by atoms with E-state index < -0.39 is 0 Å². The maximum Gasteiger partial charge on any atom is 0.111 e. The zero-order valence-electron chi connectivity index (χ0n) is 11.2. The molecule has 0 aliphatic heterocycles. The zero-order valence-corrected chi connectivity index (χ0v) is 13.5. The van der Waals surface area contributed by atoms with Gasteiger partial charge in [0.25, 0.3) is 0 Å². The van der Waals surface area contributed by atoms with Gasteiger partial charge in [-0.25, -0.2) is 4.98 Å². The van der Waals surface area contributed by atoms with Crippen molar-refractivity contribution in [1.82, 2.24) is 9.55 Å². The average Bonchev–Trinajstić information content (AvgIpc) is 2.73. The van der Waals surface area contributed by atoms with E-state index in [1.54, 1.807) is 0 Å². The van der Waals surface area contributed by atoms with Gasteiger partial charge in [0, 0.05) is 23.4 Å². The van der Waals surface area contributed by atoms with Crippen LogP contribution in [0.4, 0.5) is 0 Å². The third-order valence-corrected chi connectivity index (χ3v) is 4.29. The number of halogens is 2. The van der Waals surface area contributed by atoms with E-state index in [1.165, 1.54) is 0 Å². The molecule has 0 aliphatic rings. The molecule has 5 heteroatoms. The lowest BCUT2D eigenvalue weighted by Gasteiger charge is -2.17. The number of hydrogen-bond donors (Lipinski definition) is 0. The Morgan fingerprint density at radius 3 is 2.89 bits per heavy atom. The van der Waals surface area contributed by atoms with Crippen LogP contribution in [0.5, 0.6) is 0 Å². The highest BCUT2D eigenvalue weighted by Crippen LogP contribution is 2.26. The van der Waals surface area contributed by atoms with E-state index in [4.69, 9.17) is 23.2 Å². The second kappa shape index (κ2) is 6.87. The van der Waals surface area contributed by atoms with Gasteiger partial charge in [0.05, 0.1) is 11.0 Å². The topological polar surface area (TPSA) is 17.8 Å². The van der Waals surface area contributed by atoms with E-state index in [0.717, 1.165) is 40.5 Å². The Bertz CT molecular complexity index is 554. The minimum Gasteiger partial charge on any atom is -0.325 e. The first-order valence-electron chi connectivity index (χ1n) is 6.38. The average molecular weight is 317 g/mol. The molecule has 2 nitrogen and oxygen atoms in total. The van der Waals surface area contributed by atoms with Gasteiger partial charge in [-0.15, -0.1) is 11.6 Å². The van der Waals surface area contributed by atoms with Crippen molar-refractivity contribution in [3.05, 3.63) is 29.0 Å². The molecule has 0 N–H and O–H groups in total. The third-order valence-electron chi connectivity index (χ3n) is 3.22. The molecule has 0 aliphatic carbocycles. The lowest BCUT2D eigenvalue weighted by atomic mass is 10.2. The molecule has 0 bridgehead atoms. The Balaban J connectivity index is 2.46. The molecule has 0 amide bonds. The molecule has 104 valence electrons. The summed E-state index contributed by atoms with van der Waals surface area (Å²) < 4.78 is 2.29. The van der Waals surface area contributed by atoms with E-state index in [-0.39, 0.29) is 0 Å². The summed E-state index contributed by atoms with van der Waals surface area (Å²) in [6.45, 7) is 2.23. The monoisotopic (exact) mass is 316 g/mol. The summed E-state index contributed by atoms with van der Waals surface area (Å²) in [4.78, 5) is 4.69. The first kappa shape index (κ1) is 15.0. The van der Waals surface area contributed by atoms with E-state index >= 15 is 0 Å².